The number of carbonyl (C=O) groups is 2. The van der Waals surface area contributed by atoms with Crippen LogP contribution in [0.2, 0.25) is 0 Å². The van der Waals surface area contributed by atoms with Crippen LogP contribution in [0.1, 0.15) is 26.2 Å². The van der Waals surface area contributed by atoms with Crippen molar-refractivity contribution in [1.82, 2.24) is 15.5 Å². The van der Waals surface area contributed by atoms with Crippen LogP contribution in [0.15, 0.2) is 12.7 Å². The lowest BCUT2D eigenvalue weighted by Crippen LogP contribution is -2.56. The van der Waals surface area contributed by atoms with Crippen LogP contribution < -0.4 is 10.6 Å². The third-order valence-electron chi connectivity index (χ3n) is 2.98. The van der Waals surface area contributed by atoms with E-state index in [0.717, 1.165) is 32.5 Å². The van der Waals surface area contributed by atoms with Crippen LogP contribution in [0.4, 0.5) is 0 Å². The summed E-state index contributed by atoms with van der Waals surface area (Å²) < 4.78 is 0. The highest BCUT2D eigenvalue weighted by molar-refractivity contribution is 5.88. The molecule has 1 atom stereocenters. The fraction of sp³-hybridized carbons (Fsp3) is 0.692. The summed E-state index contributed by atoms with van der Waals surface area (Å²) in [5.74, 6) is -0.0344. The van der Waals surface area contributed by atoms with E-state index in [1.165, 1.54) is 0 Å². The van der Waals surface area contributed by atoms with Crippen molar-refractivity contribution in [3.63, 3.8) is 0 Å². The summed E-state index contributed by atoms with van der Waals surface area (Å²) in [5, 5.41) is 5.82. The number of unbranched alkanes of at least 4 members (excludes halogenated alkanes) is 1. The summed E-state index contributed by atoms with van der Waals surface area (Å²) in [7, 11) is 0. The molecule has 1 unspecified atom stereocenters. The average molecular weight is 253 g/mol. The lowest BCUT2D eigenvalue weighted by atomic mass is 10.1. The standard InChI is InChI=1S/C13H23N3O2/c1-3-5-6-8-16-9-7-15-11(13(16)18)10-12(17)14-4-2/h3,11,15H,1,4-10H2,2H3,(H,14,17). The second-order valence-electron chi connectivity index (χ2n) is 4.42. The lowest BCUT2D eigenvalue weighted by Gasteiger charge is -2.33. The van der Waals surface area contributed by atoms with Crippen LogP contribution in [0, 0.1) is 0 Å². The number of hydrogen-bond donors (Lipinski definition) is 2. The van der Waals surface area contributed by atoms with Gasteiger partial charge in [0.15, 0.2) is 0 Å². The Bertz CT molecular complexity index is 305. The molecule has 0 bridgehead atoms. The molecular formula is C13H23N3O2. The molecule has 5 nitrogen and oxygen atoms in total. The largest absolute Gasteiger partial charge is 0.356 e. The van der Waals surface area contributed by atoms with Gasteiger partial charge in [0.1, 0.15) is 0 Å². The van der Waals surface area contributed by atoms with Crippen LogP contribution in [0.5, 0.6) is 0 Å². The van der Waals surface area contributed by atoms with Crippen LogP contribution in [-0.2, 0) is 9.59 Å². The average Bonchev–Trinajstić information content (AvgIpc) is 2.34. The maximum Gasteiger partial charge on any atom is 0.240 e. The van der Waals surface area contributed by atoms with Crippen LogP contribution in [0.3, 0.4) is 0 Å². The highest BCUT2D eigenvalue weighted by atomic mass is 16.2. The molecule has 0 aliphatic carbocycles. The Labute approximate surface area is 109 Å². The monoisotopic (exact) mass is 253 g/mol. The first-order valence-electron chi connectivity index (χ1n) is 6.58. The maximum absolute atomic E-state index is 12.1. The predicted molar refractivity (Wildman–Crippen MR) is 71.1 cm³/mol. The van der Waals surface area contributed by atoms with Gasteiger partial charge in [0, 0.05) is 26.2 Å². The van der Waals surface area contributed by atoms with Crippen molar-refractivity contribution in [2.75, 3.05) is 26.2 Å². The normalized spacial score (nSPS) is 19.7. The first-order chi connectivity index (χ1) is 8.69. The Morgan fingerprint density at radius 2 is 2.44 bits per heavy atom. The minimum Gasteiger partial charge on any atom is -0.356 e. The van der Waals surface area contributed by atoms with Gasteiger partial charge in [-0.1, -0.05) is 6.08 Å². The molecule has 1 aliphatic heterocycles. The van der Waals surface area contributed by atoms with Gasteiger partial charge in [-0.15, -0.1) is 6.58 Å². The number of rotatable bonds is 7. The number of piperazine rings is 1. The minimum atomic E-state index is -0.367. The quantitative estimate of drug-likeness (QED) is 0.506. The van der Waals surface area contributed by atoms with Gasteiger partial charge in [0.2, 0.25) is 11.8 Å². The van der Waals surface area contributed by atoms with Crippen molar-refractivity contribution in [1.29, 1.82) is 0 Å². The third-order valence-corrected chi connectivity index (χ3v) is 2.98. The number of nitrogens with one attached hydrogen (secondary N) is 2. The SMILES string of the molecule is C=CCCCN1CCNC(CC(=O)NCC)C1=O. The molecule has 0 aromatic rings. The molecule has 0 aromatic carbocycles. The first kappa shape index (κ1) is 14.7. The zero-order valence-electron chi connectivity index (χ0n) is 11.1. The van der Waals surface area contributed by atoms with Gasteiger partial charge in [-0.3, -0.25) is 9.59 Å². The summed E-state index contributed by atoms with van der Waals surface area (Å²) >= 11 is 0. The number of nitrogens with zero attached hydrogens (tertiary/aromatic N) is 1. The van der Waals surface area contributed by atoms with Crippen molar-refractivity contribution in [3.8, 4) is 0 Å². The molecule has 18 heavy (non-hydrogen) atoms. The Morgan fingerprint density at radius 1 is 1.67 bits per heavy atom. The van der Waals surface area contributed by atoms with Crippen molar-refractivity contribution in [3.05, 3.63) is 12.7 Å². The zero-order chi connectivity index (χ0) is 13.4. The molecule has 0 radical (unpaired) electrons. The molecule has 1 saturated heterocycles. The molecule has 1 aliphatic rings. The second-order valence-corrected chi connectivity index (χ2v) is 4.42. The maximum atomic E-state index is 12.1. The fourth-order valence-corrected chi connectivity index (χ4v) is 2.05. The topological polar surface area (TPSA) is 61.4 Å². The molecule has 1 fully saturated rings. The van der Waals surface area contributed by atoms with E-state index in [-0.39, 0.29) is 24.3 Å². The Balaban J connectivity index is 2.42. The third kappa shape index (κ3) is 4.49. The summed E-state index contributed by atoms with van der Waals surface area (Å²) in [6.07, 6.45) is 3.94. The lowest BCUT2D eigenvalue weighted by molar-refractivity contribution is -0.138. The van der Waals surface area contributed by atoms with E-state index in [2.05, 4.69) is 17.2 Å². The number of hydrogen-bond acceptors (Lipinski definition) is 3. The Kier molecular flexibility index (Phi) is 6.43. The molecule has 1 heterocycles. The van der Waals surface area contributed by atoms with E-state index in [0.29, 0.717) is 6.54 Å². The number of allylic oxidation sites excluding steroid dienone is 1. The molecule has 0 spiro atoms. The van der Waals surface area contributed by atoms with Gasteiger partial charge >= 0.3 is 0 Å². The van der Waals surface area contributed by atoms with Crippen molar-refractivity contribution in [2.24, 2.45) is 0 Å². The summed E-state index contributed by atoms with van der Waals surface area (Å²) in [5.41, 5.74) is 0. The first-order valence-corrected chi connectivity index (χ1v) is 6.58. The van der Waals surface area contributed by atoms with Gasteiger partial charge in [0.05, 0.1) is 12.5 Å². The van der Waals surface area contributed by atoms with Crippen LogP contribution in [-0.4, -0.2) is 48.9 Å². The fourth-order valence-electron chi connectivity index (χ4n) is 2.05. The molecule has 5 heteroatoms. The van der Waals surface area contributed by atoms with Crippen molar-refractivity contribution >= 4 is 11.8 Å². The summed E-state index contributed by atoms with van der Waals surface area (Å²) in [6.45, 7) is 8.37. The molecule has 0 saturated carbocycles. The van der Waals surface area contributed by atoms with E-state index >= 15 is 0 Å². The van der Waals surface area contributed by atoms with Crippen LogP contribution >= 0.6 is 0 Å². The number of carbonyl (C=O) groups excluding carboxylic acids is 2. The highest BCUT2D eigenvalue weighted by Gasteiger charge is 2.29. The smallest absolute Gasteiger partial charge is 0.240 e. The Morgan fingerprint density at radius 3 is 3.11 bits per heavy atom. The van der Waals surface area contributed by atoms with E-state index in [9.17, 15) is 9.59 Å². The zero-order valence-corrected chi connectivity index (χ0v) is 11.1. The van der Waals surface area contributed by atoms with Crippen molar-refractivity contribution in [2.45, 2.75) is 32.2 Å². The van der Waals surface area contributed by atoms with E-state index in [4.69, 9.17) is 0 Å². The van der Waals surface area contributed by atoms with E-state index in [1.54, 1.807) is 0 Å². The molecule has 2 amide bonds. The number of amides is 2. The van der Waals surface area contributed by atoms with Gasteiger partial charge in [0.25, 0.3) is 0 Å². The Hall–Kier alpha value is -1.36. The second kappa shape index (κ2) is 7.87. The van der Waals surface area contributed by atoms with Crippen molar-refractivity contribution < 1.29 is 9.59 Å². The molecule has 1 rings (SSSR count). The van der Waals surface area contributed by atoms with E-state index < -0.39 is 0 Å². The van der Waals surface area contributed by atoms with Gasteiger partial charge in [-0.25, -0.2) is 0 Å². The van der Waals surface area contributed by atoms with Gasteiger partial charge < -0.3 is 15.5 Å². The molecule has 2 N–H and O–H groups in total. The van der Waals surface area contributed by atoms with Gasteiger partial charge in [-0.2, -0.15) is 0 Å². The van der Waals surface area contributed by atoms with Gasteiger partial charge in [-0.05, 0) is 19.8 Å². The molecule has 102 valence electrons. The minimum absolute atomic E-state index is 0.0385. The summed E-state index contributed by atoms with van der Waals surface area (Å²) in [6, 6.07) is -0.367. The highest BCUT2D eigenvalue weighted by Crippen LogP contribution is 2.07. The summed E-state index contributed by atoms with van der Waals surface area (Å²) in [4.78, 5) is 25.4. The molecule has 0 aromatic heterocycles. The predicted octanol–water partition coefficient (Wildman–Crippen LogP) is 0.279. The molecular weight excluding hydrogens is 230 g/mol. The van der Waals surface area contributed by atoms with Crippen LogP contribution in [0.25, 0.3) is 0 Å². The van der Waals surface area contributed by atoms with E-state index in [1.807, 2.05) is 17.9 Å².